The molecule has 3 N–H and O–H groups in total. The molecular weight excluding hydrogens is 417 g/mol. The van der Waals surface area contributed by atoms with Gasteiger partial charge < -0.3 is 25.0 Å². The maximum Gasteiger partial charge on any atom is 0.404 e. The summed E-state index contributed by atoms with van der Waals surface area (Å²) in [5.74, 6) is -0.119. The normalized spacial score (nSPS) is 23.0. The van der Waals surface area contributed by atoms with Gasteiger partial charge in [-0.15, -0.1) is 0 Å². The SMILES string of the molecule is O=C(O)NC1CC(Oc2cc(-c3ccc(O)cc3F)cc3c2cnn3C2CCCCO2)C1. The third-order valence-electron chi connectivity index (χ3n) is 6.09. The number of amides is 1. The van der Waals surface area contributed by atoms with Gasteiger partial charge in [0.25, 0.3) is 0 Å². The first kappa shape index (κ1) is 20.6. The van der Waals surface area contributed by atoms with Gasteiger partial charge in [-0.1, -0.05) is 0 Å². The summed E-state index contributed by atoms with van der Waals surface area (Å²) in [5, 5.41) is 26.3. The Morgan fingerprint density at radius 1 is 1.25 bits per heavy atom. The number of halogens is 1. The molecule has 32 heavy (non-hydrogen) atoms. The molecule has 9 heteroatoms. The van der Waals surface area contributed by atoms with Crippen LogP contribution in [0.25, 0.3) is 22.0 Å². The average Bonchev–Trinajstić information content (AvgIpc) is 3.16. The number of fused-ring (bicyclic) bond motifs is 1. The Hall–Kier alpha value is -3.33. The Morgan fingerprint density at radius 3 is 2.81 bits per heavy atom. The van der Waals surface area contributed by atoms with E-state index in [1.54, 1.807) is 12.3 Å². The van der Waals surface area contributed by atoms with Crippen molar-refractivity contribution in [3.8, 4) is 22.6 Å². The van der Waals surface area contributed by atoms with Gasteiger partial charge in [0.1, 0.15) is 23.4 Å². The molecule has 0 bridgehead atoms. The van der Waals surface area contributed by atoms with Gasteiger partial charge in [0.05, 0.1) is 17.1 Å². The van der Waals surface area contributed by atoms with Crippen LogP contribution in [0, 0.1) is 5.82 Å². The molecule has 2 aliphatic rings. The van der Waals surface area contributed by atoms with Crippen LogP contribution in [-0.4, -0.2) is 44.8 Å². The van der Waals surface area contributed by atoms with E-state index in [-0.39, 0.29) is 24.1 Å². The molecule has 2 fully saturated rings. The first-order valence-electron chi connectivity index (χ1n) is 10.8. The van der Waals surface area contributed by atoms with E-state index in [2.05, 4.69) is 10.4 Å². The van der Waals surface area contributed by atoms with Crippen molar-refractivity contribution in [2.45, 2.75) is 50.5 Å². The molecule has 1 amide bonds. The largest absolute Gasteiger partial charge is 0.508 e. The molecule has 2 heterocycles. The molecule has 1 aliphatic heterocycles. The Balaban J connectivity index is 1.52. The van der Waals surface area contributed by atoms with Gasteiger partial charge in [0.2, 0.25) is 0 Å². The van der Waals surface area contributed by atoms with Gasteiger partial charge in [-0.25, -0.2) is 13.9 Å². The maximum atomic E-state index is 14.6. The first-order chi connectivity index (χ1) is 15.5. The summed E-state index contributed by atoms with van der Waals surface area (Å²) in [4.78, 5) is 10.8. The minimum Gasteiger partial charge on any atom is -0.508 e. The van der Waals surface area contributed by atoms with E-state index in [1.165, 1.54) is 12.1 Å². The summed E-state index contributed by atoms with van der Waals surface area (Å²) in [6, 6.07) is 7.55. The molecule has 0 radical (unpaired) electrons. The monoisotopic (exact) mass is 441 g/mol. The summed E-state index contributed by atoms with van der Waals surface area (Å²) >= 11 is 0. The zero-order valence-electron chi connectivity index (χ0n) is 17.3. The topological polar surface area (TPSA) is 106 Å². The van der Waals surface area contributed by atoms with Crippen molar-refractivity contribution in [1.82, 2.24) is 15.1 Å². The van der Waals surface area contributed by atoms with Crippen molar-refractivity contribution in [3.63, 3.8) is 0 Å². The molecule has 5 rings (SSSR count). The van der Waals surface area contributed by atoms with E-state index in [1.807, 2.05) is 10.7 Å². The minimum atomic E-state index is -1.05. The molecule has 1 aliphatic carbocycles. The molecule has 0 spiro atoms. The molecule has 1 atom stereocenters. The van der Waals surface area contributed by atoms with Gasteiger partial charge in [-0.3, -0.25) is 0 Å². The van der Waals surface area contributed by atoms with E-state index in [0.717, 1.165) is 36.2 Å². The second kappa shape index (κ2) is 8.31. The zero-order valence-corrected chi connectivity index (χ0v) is 17.3. The van der Waals surface area contributed by atoms with E-state index in [0.29, 0.717) is 36.3 Å². The number of nitrogens with one attached hydrogen (secondary N) is 1. The highest BCUT2D eigenvalue weighted by atomic mass is 19.1. The Kier molecular flexibility index (Phi) is 5.34. The molecule has 2 aromatic carbocycles. The lowest BCUT2D eigenvalue weighted by molar-refractivity contribution is -0.0366. The van der Waals surface area contributed by atoms with Crippen LogP contribution in [0.2, 0.25) is 0 Å². The summed E-state index contributed by atoms with van der Waals surface area (Å²) < 4.78 is 28.6. The Bertz CT molecular complexity index is 1150. The second-order valence-electron chi connectivity index (χ2n) is 8.34. The van der Waals surface area contributed by atoms with E-state index >= 15 is 0 Å². The number of phenols is 1. The van der Waals surface area contributed by atoms with E-state index < -0.39 is 11.9 Å². The number of rotatable bonds is 5. The molecule has 168 valence electrons. The molecule has 1 aromatic heterocycles. The van der Waals surface area contributed by atoms with Crippen LogP contribution >= 0.6 is 0 Å². The van der Waals surface area contributed by atoms with Crippen LogP contribution < -0.4 is 10.1 Å². The van der Waals surface area contributed by atoms with Crippen molar-refractivity contribution in [1.29, 1.82) is 0 Å². The molecule has 1 unspecified atom stereocenters. The summed E-state index contributed by atoms with van der Waals surface area (Å²) in [6.45, 7) is 0.668. The first-order valence-corrected chi connectivity index (χ1v) is 10.8. The number of carboxylic acid groups (broad SMARTS) is 1. The highest BCUT2D eigenvalue weighted by Gasteiger charge is 2.33. The fourth-order valence-electron chi connectivity index (χ4n) is 4.38. The van der Waals surface area contributed by atoms with Crippen molar-refractivity contribution in [2.24, 2.45) is 0 Å². The number of benzene rings is 2. The highest BCUT2D eigenvalue weighted by molar-refractivity contribution is 5.90. The third-order valence-corrected chi connectivity index (χ3v) is 6.09. The zero-order chi connectivity index (χ0) is 22.2. The van der Waals surface area contributed by atoms with Crippen LogP contribution in [0.5, 0.6) is 11.5 Å². The Morgan fingerprint density at radius 2 is 2.09 bits per heavy atom. The van der Waals surface area contributed by atoms with E-state index in [4.69, 9.17) is 14.6 Å². The summed E-state index contributed by atoms with van der Waals surface area (Å²) in [7, 11) is 0. The Labute approximate surface area is 183 Å². The van der Waals surface area contributed by atoms with Crippen LogP contribution in [-0.2, 0) is 4.74 Å². The maximum absolute atomic E-state index is 14.6. The number of aromatic nitrogens is 2. The van der Waals surface area contributed by atoms with Gasteiger partial charge >= 0.3 is 6.09 Å². The number of aromatic hydroxyl groups is 1. The molecule has 8 nitrogen and oxygen atoms in total. The van der Waals surface area contributed by atoms with Gasteiger partial charge in [0.15, 0.2) is 6.23 Å². The van der Waals surface area contributed by atoms with Crippen molar-refractivity contribution < 1.29 is 28.9 Å². The number of nitrogens with zero attached hydrogens (tertiary/aromatic N) is 2. The van der Waals surface area contributed by atoms with Crippen molar-refractivity contribution >= 4 is 17.0 Å². The second-order valence-corrected chi connectivity index (χ2v) is 8.34. The lowest BCUT2D eigenvalue weighted by Crippen LogP contribution is -2.48. The quantitative estimate of drug-likeness (QED) is 0.541. The molecule has 3 aromatic rings. The smallest absolute Gasteiger partial charge is 0.404 e. The van der Waals surface area contributed by atoms with Crippen LogP contribution in [0.3, 0.4) is 0 Å². The van der Waals surface area contributed by atoms with Crippen molar-refractivity contribution in [3.05, 3.63) is 42.3 Å². The highest BCUT2D eigenvalue weighted by Crippen LogP contribution is 2.38. The predicted octanol–water partition coefficient (Wildman–Crippen LogP) is 4.42. The van der Waals surface area contributed by atoms with Crippen LogP contribution in [0.15, 0.2) is 36.5 Å². The third kappa shape index (κ3) is 3.95. The fourth-order valence-corrected chi connectivity index (χ4v) is 4.38. The standard InChI is InChI=1S/C23H24FN3O5/c24-19-11-15(28)4-5-17(19)13-7-20-18(12-25-27(20)22-3-1-2-6-31-22)21(8-13)32-16-9-14(10-16)26-23(29)30/h4-5,7-8,11-12,14,16,22,26,28H,1-3,6,9-10H2,(H,29,30). The van der Waals surface area contributed by atoms with Crippen LogP contribution in [0.1, 0.15) is 38.3 Å². The number of hydrogen-bond donors (Lipinski definition) is 3. The van der Waals surface area contributed by atoms with Gasteiger partial charge in [-0.05, 0) is 49.1 Å². The minimum absolute atomic E-state index is 0.135. The predicted molar refractivity (Wildman–Crippen MR) is 114 cm³/mol. The number of ether oxygens (including phenoxy) is 2. The molecule has 1 saturated carbocycles. The number of hydrogen-bond acceptors (Lipinski definition) is 5. The summed E-state index contributed by atoms with van der Waals surface area (Å²) in [6.07, 6.45) is 4.36. The number of phenolic OH excluding ortho intramolecular Hbond substituents is 1. The van der Waals surface area contributed by atoms with Crippen LogP contribution in [0.4, 0.5) is 9.18 Å². The summed E-state index contributed by atoms with van der Waals surface area (Å²) in [5.41, 5.74) is 1.71. The lowest BCUT2D eigenvalue weighted by atomic mass is 9.89. The lowest BCUT2D eigenvalue weighted by Gasteiger charge is -2.35. The van der Waals surface area contributed by atoms with Crippen molar-refractivity contribution in [2.75, 3.05) is 6.61 Å². The molecule has 1 saturated heterocycles. The fraction of sp³-hybridized carbons (Fsp3) is 0.391. The van der Waals surface area contributed by atoms with E-state index in [9.17, 15) is 14.3 Å². The van der Waals surface area contributed by atoms with Gasteiger partial charge in [-0.2, -0.15) is 5.10 Å². The average molecular weight is 441 g/mol. The van der Waals surface area contributed by atoms with Gasteiger partial charge in [0, 0.05) is 37.1 Å². The molecular formula is C23H24FN3O5. The number of carbonyl (C=O) groups is 1.